The Kier molecular flexibility index (Phi) is 3.44. The number of thiazole rings is 1. The number of hydrogen-bond donors (Lipinski definition) is 1. The Morgan fingerprint density at radius 2 is 2.06 bits per heavy atom. The highest BCUT2D eigenvalue weighted by molar-refractivity contribution is 7.11. The van der Waals surface area contributed by atoms with Crippen LogP contribution in [0.5, 0.6) is 0 Å². The minimum absolute atomic E-state index is 0.0388. The van der Waals surface area contributed by atoms with Gasteiger partial charge >= 0.3 is 6.18 Å². The van der Waals surface area contributed by atoms with Crippen molar-refractivity contribution in [3.8, 4) is 0 Å². The molecule has 1 aliphatic carbocycles. The molecule has 1 saturated carbocycles. The maximum absolute atomic E-state index is 12.8. The number of aryl methyl sites for hydroxylation is 2. The minimum atomic E-state index is -4.15. The van der Waals surface area contributed by atoms with Crippen LogP contribution in [-0.4, -0.2) is 11.2 Å². The standard InChI is InChI=1S/C12H17F3N2S/c1-7-8(2)18-10(17-7)11(16)5-3-4-9(6-11)12(13,14)15/h9H,3-6,16H2,1-2H3. The summed E-state index contributed by atoms with van der Waals surface area (Å²) in [5, 5.41) is 0.659. The molecule has 2 N–H and O–H groups in total. The fourth-order valence-electron chi connectivity index (χ4n) is 2.47. The molecule has 1 fully saturated rings. The molecule has 0 spiro atoms. The summed E-state index contributed by atoms with van der Waals surface area (Å²) in [5.74, 6) is -1.29. The van der Waals surface area contributed by atoms with Gasteiger partial charge in [-0.15, -0.1) is 11.3 Å². The van der Waals surface area contributed by atoms with E-state index in [4.69, 9.17) is 5.73 Å². The van der Waals surface area contributed by atoms with Crippen molar-refractivity contribution in [1.82, 2.24) is 4.98 Å². The van der Waals surface area contributed by atoms with Gasteiger partial charge in [-0.05, 0) is 33.1 Å². The van der Waals surface area contributed by atoms with Gasteiger partial charge in [-0.1, -0.05) is 6.42 Å². The molecule has 2 rings (SSSR count). The fraction of sp³-hybridized carbons (Fsp3) is 0.750. The van der Waals surface area contributed by atoms with Gasteiger partial charge < -0.3 is 5.73 Å². The fourth-order valence-corrected chi connectivity index (χ4v) is 3.52. The Morgan fingerprint density at radius 3 is 2.56 bits per heavy atom. The summed E-state index contributed by atoms with van der Waals surface area (Å²) in [7, 11) is 0. The Hall–Kier alpha value is -0.620. The summed E-state index contributed by atoms with van der Waals surface area (Å²) in [5.41, 5.74) is 6.17. The van der Waals surface area contributed by atoms with E-state index in [1.165, 1.54) is 11.3 Å². The van der Waals surface area contributed by atoms with Crippen LogP contribution in [0, 0.1) is 19.8 Å². The van der Waals surface area contributed by atoms with Gasteiger partial charge in [0.15, 0.2) is 0 Å². The molecule has 2 nitrogen and oxygen atoms in total. The van der Waals surface area contributed by atoms with Crippen LogP contribution in [0.3, 0.4) is 0 Å². The highest BCUT2D eigenvalue weighted by Gasteiger charge is 2.47. The molecule has 102 valence electrons. The largest absolute Gasteiger partial charge is 0.391 e. The number of nitrogens with zero attached hydrogens (tertiary/aromatic N) is 1. The first-order valence-electron chi connectivity index (χ1n) is 6.02. The highest BCUT2D eigenvalue weighted by atomic mass is 32.1. The van der Waals surface area contributed by atoms with Gasteiger partial charge in [0, 0.05) is 4.88 Å². The van der Waals surface area contributed by atoms with E-state index < -0.39 is 17.6 Å². The van der Waals surface area contributed by atoms with Crippen LogP contribution < -0.4 is 5.73 Å². The summed E-state index contributed by atoms with van der Waals surface area (Å²) in [6, 6.07) is 0. The zero-order valence-corrected chi connectivity index (χ0v) is 11.3. The maximum atomic E-state index is 12.8. The van der Waals surface area contributed by atoms with Gasteiger partial charge in [-0.2, -0.15) is 13.2 Å². The zero-order valence-electron chi connectivity index (χ0n) is 10.5. The van der Waals surface area contributed by atoms with Crippen LogP contribution in [0.15, 0.2) is 0 Å². The molecule has 1 aromatic rings. The van der Waals surface area contributed by atoms with Gasteiger partial charge in [-0.3, -0.25) is 0 Å². The minimum Gasteiger partial charge on any atom is -0.319 e. The van der Waals surface area contributed by atoms with Crippen molar-refractivity contribution < 1.29 is 13.2 Å². The highest BCUT2D eigenvalue weighted by Crippen LogP contribution is 2.45. The number of halogens is 3. The molecular formula is C12H17F3N2S. The summed E-state index contributed by atoms with van der Waals surface area (Å²) in [6.45, 7) is 3.78. The first-order valence-corrected chi connectivity index (χ1v) is 6.84. The molecule has 1 aromatic heterocycles. The van der Waals surface area contributed by atoms with Gasteiger partial charge in [0.2, 0.25) is 0 Å². The molecule has 18 heavy (non-hydrogen) atoms. The number of hydrogen-bond acceptors (Lipinski definition) is 3. The molecular weight excluding hydrogens is 261 g/mol. The van der Waals surface area contributed by atoms with Crippen LogP contribution in [0.2, 0.25) is 0 Å². The second-order valence-electron chi connectivity index (χ2n) is 5.15. The molecule has 0 aromatic carbocycles. The van der Waals surface area contributed by atoms with Gasteiger partial charge in [0.1, 0.15) is 5.01 Å². The Morgan fingerprint density at radius 1 is 1.39 bits per heavy atom. The third-order valence-electron chi connectivity index (χ3n) is 3.70. The smallest absolute Gasteiger partial charge is 0.319 e. The molecule has 0 saturated heterocycles. The lowest BCUT2D eigenvalue weighted by Crippen LogP contribution is -2.44. The molecule has 0 bridgehead atoms. The van der Waals surface area contributed by atoms with E-state index in [0.29, 0.717) is 17.8 Å². The molecule has 0 radical (unpaired) electrons. The molecule has 2 unspecified atom stereocenters. The zero-order chi connectivity index (χ0) is 13.6. The third kappa shape index (κ3) is 2.54. The molecule has 1 aliphatic rings. The first kappa shape index (κ1) is 13.8. The lowest BCUT2D eigenvalue weighted by molar-refractivity contribution is -0.187. The van der Waals surface area contributed by atoms with Crippen molar-refractivity contribution in [2.75, 3.05) is 0 Å². The molecule has 1 heterocycles. The van der Waals surface area contributed by atoms with Crippen LogP contribution in [0.4, 0.5) is 13.2 Å². The van der Waals surface area contributed by atoms with E-state index in [1.807, 2.05) is 13.8 Å². The first-order chi connectivity index (χ1) is 8.22. The van der Waals surface area contributed by atoms with E-state index >= 15 is 0 Å². The molecule has 0 amide bonds. The topological polar surface area (TPSA) is 38.9 Å². The van der Waals surface area contributed by atoms with Crippen LogP contribution >= 0.6 is 11.3 Å². The third-order valence-corrected chi connectivity index (χ3v) is 5.00. The van der Waals surface area contributed by atoms with Crippen molar-refractivity contribution in [2.45, 2.75) is 51.2 Å². The summed E-state index contributed by atoms with van der Waals surface area (Å²) < 4.78 is 38.4. The molecule has 0 aliphatic heterocycles. The number of rotatable bonds is 1. The Labute approximate surface area is 108 Å². The number of aromatic nitrogens is 1. The predicted octanol–water partition coefficient (Wildman–Crippen LogP) is 3.67. The second kappa shape index (κ2) is 4.49. The lowest BCUT2D eigenvalue weighted by atomic mass is 9.76. The summed E-state index contributed by atoms with van der Waals surface area (Å²) >= 11 is 1.43. The summed E-state index contributed by atoms with van der Waals surface area (Å²) in [4.78, 5) is 5.38. The van der Waals surface area contributed by atoms with E-state index in [2.05, 4.69) is 4.98 Å². The van der Waals surface area contributed by atoms with E-state index in [9.17, 15) is 13.2 Å². The van der Waals surface area contributed by atoms with Crippen LogP contribution in [0.25, 0.3) is 0 Å². The quantitative estimate of drug-likeness (QED) is 0.851. The maximum Gasteiger partial charge on any atom is 0.391 e. The summed E-state index contributed by atoms with van der Waals surface area (Å²) in [6.07, 6.45) is -2.90. The molecule has 2 atom stereocenters. The van der Waals surface area contributed by atoms with E-state index in [-0.39, 0.29) is 12.8 Å². The van der Waals surface area contributed by atoms with Gasteiger partial charge in [0.05, 0.1) is 17.2 Å². The number of alkyl halides is 3. The average Bonchev–Trinajstić information content (AvgIpc) is 2.59. The van der Waals surface area contributed by atoms with Crippen molar-refractivity contribution in [1.29, 1.82) is 0 Å². The lowest BCUT2D eigenvalue weighted by Gasteiger charge is -2.37. The van der Waals surface area contributed by atoms with Crippen molar-refractivity contribution in [3.63, 3.8) is 0 Å². The van der Waals surface area contributed by atoms with E-state index in [0.717, 1.165) is 10.6 Å². The van der Waals surface area contributed by atoms with Crippen LogP contribution in [0.1, 0.15) is 41.3 Å². The van der Waals surface area contributed by atoms with Gasteiger partial charge in [-0.25, -0.2) is 4.98 Å². The van der Waals surface area contributed by atoms with Crippen molar-refractivity contribution >= 4 is 11.3 Å². The van der Waals surface area contributed by atoms with Crippen molar-refractivity contribution in [2.24, 2.45) is 11.7 Å². The average molecular weight is 278 g/mol. The number of nitrogens with two attached hydrogens (primary N) is 1. The van der Waals surface area contributed by atoms with Gasteiger partial charge in [0.25, 0.3) is 0 Å². The predicted molar refractivity (Wildman–Crippen MR) is 65.5 cm³/mol. The monoisotopic (exact) mass is 278 g/mol. The Balaban J connectivity index is 2.25. The SMILES string of the molecule is Cc1nc(C2(N)CCCC(C(F)(F)F)C2)sc1C. The second-order valence-corrected chi connectivity index (χ2v) is 6.35. The normalized spacial score (nSPS) is 29.6. The van der Waals surface area contributed by atoms with Crippen LogP contribution in [-0.2, 0) is 5.54 Å². The molecule has 6 heteroatoms. The Bertz CT molecular complexity index is 422. The van der Waals surface area contributed by atoms with E-state index in [1.54, 1.807) is 0 Å². The van der Waals surface area contributed by atoms with Crippen molar-refractivity contribution in [3.05, 3.63) is 15.6 Å².